The van der Waals surface area contributed by atoms with Crippen molar-refractivity contribution in [2.24, 2.45) is 23.5 Å². The van der Waals surface area contributed by atoms with E-state index in [1.54, 1.807) is 6.42 Å². The molecule has 0 aromatic carbocycles. The fraction of sp³-hybridized carbons (Fsp3) is 1.00. The fourth-order valence-electron chi connectivity index (χ4n) is 4.89. The van der Waals surface area contributed by atoms with E-state index in [-0.39, 0.29) is 0 Å². The molecule has 3 rings (SSSR count). The second-order valence-electron chi connectivity index (χ2n) is 7.01. The van der Waals surface area contributed by atoms with Crippen LogP contribution in [0, 0.1) is 17.8 Å². The van der Waals surface area contributed by atoms with Crippen LogP contribution in [-0.2, 0) is 0 Å². The molecule has 3 aliphatic rings. The van der Waals surface area contributed by atoms with Crippen LogP contribution in [0.3, 0.4) is 0 Å². The van der Waals surface area contributed by atoms with Crippen LogP contribution in [0.1, 0.15) is 57.8 Å². The third-order valence-electron chi connectivity index (χ3n) is 5.84. The first kappa shape index (κ1) is 12.9. The van der Waals surface area contributed by atoms with Gasteiger partial charge in [0.15, 0.2) is 0 Å². The van der Waals surface area contributed by atoms with E-state index >= 15 is 0 Å². The van der Waals surface area contributed by atoms with Crippen molar-refractivity contribution in [2.45, 2.75) is 63.8 Å². The zero-order chi connectivity index (χ0) is 12.4. The highest BCUT2D eigenvalue weighted by atomic mass is 15.2. The Labute approximate surface area is 112 Å². The van der Waals surface area contributed by atoms with Crippen molar-refractivity contribution in [3.8, 4) is 0 Å². The highest BCUT2D eigenvalue weighted by Crippen LogP contribution is 2.48. The van der Waals surface area contributed by atoms with E-state index < -0.39 is 0 Å². The summed E-state index contributed by atoms with van der Waals surface area (Å²) in [5, 5.41) is 0. The first-order valence-electron chi connectivity index (χ1n) is 8.31. The number of hydrogen-bond acceptors (Lipinski definition) is 2. The molecule has 0 aromatic heterocycles. The van der Waals surface area contributed by atoms with Gasteiger partial charge in [0.25, 0.3) is 0 Å². The average Bonchev–Trinajstić information content (AvgIpc) is 3.09. The molecule has 2 nitrogen and oxygen atoms in total. The van der Waals surface area contributed by atoms with E-state index in [1.807, 2.05) is 0 Å². The Morgan fingerprint density at radius 2 is 1.83 bits per heavy atom. The molecule has 0 spiro atoms. The average molecular weight is 250 g/mol. The van der Waals surface area contributed by atoms with Gasteiger partial charge < -0.3 is 10.6 Å². The molecule has 2 bridgehead atoms. The molecule has 2 heteroatoms. The quantitative estimate of drug-likeness (QED) is 0.785. The number of nitrogens with two attached hydrogens (primary N) is 1. The van der Waals surface area contributed by atoms with Gasteiger partial charge in [-0.1, -0.05) is 19.3 Å². The molecule has 0 radical (unpaired) electrons. The summed E-state index contributed by atoms with van der Waals surface area (Å²) in [7, 11) is 0. The summed E-state index contributed by atoms with van der Waals surface area (Å²) in [5.74, 6) is 3.21. The van der Waals surface area contributed by atoms with Crippen LogP contribution in [0.4, 0.5) is 0 Å². The Morgan fingerprint density at radius 1 is 1.00 bits per heavy atom. The molecule has 2 N–H and O–H groups in total. The molecule has 3 fully saturated rings. The third kappa shape index (κ3) is 2.75. The first-order valence-corrected chi connectivity index (χ1v) is 8.31. The van der Waals surface area contributed by atoms with Gasteiger partial charge in [0.05, 0.1) is 0 Å². The molecule has 3 atom stereocenters. The van der Waals surface area contributed by atoms with Crippen molar-refractivity contribution in [3.05, 3.63) is 0 Å². The summed E-state index contributed by atoms with van der Waals surface area (Å²) >= 11 is 0. The lowest BCUT2D eigenvalue weighted by molar-refractivity contribution is 0.142. The number of rotatable bonds is 6. The van der Waals surface area contributed by atoms with E-state index in [1.165, 1.54) is 64.5 Å². The zero-order valence-corrected chi connectivity index (χ0v) is 11.8. The van der Waals surface area contributed by atoms with E-state index in [9.17, 15) is 0 Å². The van der Waals surface area contributed by atoms with E-state index in [0.717, 1.165) is 30.3 Å². The molecule has 3 unspecified atom stereocenters. The smallest absolute Gasteiger partial charge is 0.00953 e. The summed E-state index contributed by atoms with van der Waals surface area (Å²) in [4.78, 5) is 2.82. The van der Waals surface area contributed by atoms with Crippen LogP contribution in [-0.4, -0.2) is 30.6 Å². The minimum Gasteiger partial charge on any atom is -0.330 e. The van der Waals surface area contributed by atoms with Crippen molar-refractivity contribution >= 4 is 0 Å². The SMILES string of the molecule is NCCCN(CC1CC2CCC1C2)C1CCCC1. The van der Waals surface area contributed by atoms with Gasteiger partial charge in [-0.05, 0) is 69.4 Å². The normalized spacial score (nSPS) is 36.0. The molecule has 0 amide bonds. The van der Waals surface area contributed by atoms with Crippen LogP contribution >= 0.6 is 0 Å². The van der Waals surface area contributed by atoms with Gasteiger partial charge in [-0.15, -0.1) is 0 Å². The fourth-order valence-corrected chi connectivity index (χ4v) is 4.89. The summed E-state index contributed by atoms with van der Waals surface area (Å²) in [6.45, 7) is 3.51. The number of hydrogen-bond donors (Lipinski definition) is 1. The molecule has 0 saturated heterocycles. The largest absolute Gasteiger partial charge is 0.330 e. The van der Waals surface area contributed by atoms with Crippen LogP contribution in [0.15, 0.2) is 0 Å². The molecule has 104 valence electrons. The molecular weight excluding hydrogens is 220 g/mol. The Kier molecular flexibility index (Phi) is 4.25. The second kappa shape index (κ2) is 5.92. The summed E-state index contributed by atoms with van der Waals surface area (Å²) in [6, 6.07) is 0.899. The topological polar surface area (TPSA) is 29.3 Å². The van der Waals surface area contributed by atoms with Crippen molar-refractivity contribution in [3.63, 3.8) is 0 Å². The van der Waals surface area contributed by atoms with E-state index in [4.69, 9.17) is 5.73 Å². The van der Waals surface area contributed by atoms with Gasteiger partial charge in [0, 0.05) is 12.6 Å². The molecule has 3 aliphatic carbocycles. The maximum absolute atomic E-state index is 5.72. The first-order chi connectivity index (χ1) is 8.86. The van der Waals surface area contributed by atoms with Gasteiger partial charge in [-0.25, -0.2) is 0 Å². The maximum atomic E-state index is 5.72. The summed E-state index contributed by atoms with van der Waals surface area (Å²) < 4.78 is 0. The lowest BCUT2D eigenvalue weighted by Gasteiger charge is -2.34. The Bertz CT molecular complexity index is 260. The van der Waals surface area contributed by atoms with Gasteiger partial charge >= 0.3 is 0 Å². The monoisotopic (exact) mass is 250 g/mol. The van der Waals surface area contributed by atoms with Gasteiger partial charge in [-0.2, -0.15) is 0 Å². The third-order valence-corrected chi connectivity index (χ3v) is 5.84. The Hall–Kier alpha value is -0.0800. The molecular formula is C16H30N2. The van der Waals surface area contributed by atoms with E-state index in [0.29, 0.717) is 0 Å². The van der Waals surface area contributed by atoms with E-state index in [2.05, 4.69) is 4.90 Å². The highest BCUT2D eigenvalue weighted by Gasteiger charge is 2.40. The second-order valence-corrected chi connectivity index (χ2v) is 7.01. The molecule has 18 heavy (non-hydrogen) atoms. The summed E-state index contributed by atoms with van der Waals surface area (Å²) in [6.07, 6.45) is 13.2. The number of nitrogens with zero attached hydrogens (tertiary/aromatic N) is 1. The molecule has 0 aliphatic heterocycles. The van der Waals surface area contributed by atoms with Gasteiger partial charge in [0.1, 0.15) is 0 Å². The molecule has 0 aromatic rings. The lowest BCUT2D eigenvalue weighted by atomic mass is 9.88. The van der Waals surface area contributed by atoms with Crippen LogP contribution in [0.5, 0.6) is 0 Å². The van der Waals surface area contributed by atoms with Crippen molar-refractivity contribution in [1.29, 1.82) is 0 Å². The summed E-state index contributed by atoms with van der Waals surface area (Å²) in [5.41, 5.74) is 5.72. The van der Waals surface area contributed by atoms with Gasteiger partial charge in [0.2, 0.25) is 0 Å². The Morgan fingerprint density at radius 3 is 2.44 bits per heavy atom. The van der Waals surface area contributed by atoms with Crippen LogP contribution in [0.25, 0.3) is 0 Å². The highest BCUT2D eigenvalue weighted by molar-refractivity contribution is 4.92. The standard InChI is InChI=1S/C16H30N2/c17-8-3-9-18(16-4-1-2-5-16)12-15-11-13-6-7-14(15)10-13/h13-16H,1-12,17H2. The Balaban J connectivity index is 1.54. The minimum atomic E-state index is 0.861. The lowest BCUT2D eigenvalue weighted by Crippen LogP contribution is -2.39. The minimum absolute atomic E-state index is 0.861. The predicted molar refractivity (Wildman–Crippen MR) is 76.4 cm³/mol. The van der Waals surface area contributed by atoms with Gasteiger partial charge in [-0.3, -0.25) is 0 Å². The van der Waals surface area contributed by atoms with Crippen LogP contribution in [0.2, 0.25) is 0 Å². The van der Waals surface area contributed by atoms with Crippen LogP contribution < -0.4 is 5.73 Å². The number of fused-ring (bicyclic) bond motifs is 2. The molecule has 3 saturated carbocycles. The zero-order valence-electron chi connectivity index (χ0n) is 11.8. The van der Waals surface area contributed by atoms with Crippen molar-refractivity contribution in [2.75, 3.05) is 19.6 Å². The maximum Gasteiger partial charge on any atom is 0.00953 e. The van der Waals surface area contributed by atoms with Crippen molar-refractivity contribution < 1.29 is 0 Å². The predicted octanol–water partition coefficient (Wildman–Crippen LogP) is 3.02. The molecule has 0 heterocycles. The van der Waals surface area contributed by atoms with Crippen molar-refractivity contribution in [1.82, 2.24) is 4.90 Å².